The number of hydrogen-bond acceptors (Lipinski definition) is 3. The third-order valence-corrected chi connectivity index (χ3v) is 2.48. The molecular weight excluding hydrogens is 283 g/mol. The number of carbonyl (C=O) groups excluding carboxylic acids is 1. The summed E-state index contributed by atoms with van der Waals surface area (Å²) in [7, 11) is 0. The van der Waals surface area contributed by atoms with Crippen LogP contribution < -0.4 is 10.6 Å². The van der Waals surface area contributed by atoms with E-state index in [1.54, 1.807) is 6.92 Å². The molecule has 106 valence electrons. The number of halogens is 4. The lowest BCUT2D eigenvalue weighted by Gasteiger charge is -2.10. The SMILES string of the molecule is CCNC(=O)CCNc1ncc(C(F)(F)F)cc1Cl. The number of carbonyl (C=O) groups is 1. The van der Waals surface area contributed by atoms with Gasteiger partial charge in [-0.25, -0.2) is 4.98 Å². The largest absolute Gasteiger partial charge is 0.417 e. The van der Waals surface area contributed by atoms with E-state index in [0.29, 0.717) is 12.7 Å². The third-order valence-electron chi connectivity index (χ3n) is 2.19. The quantitative estimate of drug-likeness (QED) is 0.878. The first-order chi connectivity index (χ1) is 8.84. The van der Waals surface area contributed by atoms with Crippen molar-refractivity contribution in [1.82, 2.24) is 10.3 Å². The normalized spacial score (nSPS) is 11.2. The van der Waals surface area contributed by atoms with Crippen molar-refractivity contribution in [3.05, 3.63) is 22.8 Å². The second-order valence-electron chi connectivity index (χ2n) is 3.68. The maximum atomic E-state index is 12.4. The zero-order valence-electron chi connectivity index (χ0n) is 10.1. The average molecular weight is 296 g/mol. The van der Waals surface area contributed by atoms with Crippen LogP contribution in [0.2, 0.25) is 5.02 Å². The Kier molecular flexibility index (Phi) is 5.41. The van der Waals surface area contributed by atoms with E-state index in [1.165, 1.54) is 0 Å². The van der Waals surface area contributed by atoms with E-state index >= 15 is 0 Å². The molecule has 0 saturated heterocycles. The average Bonchev–Trinajstić information content (AvgIpc) is 2.30. The second-order valence-corrected chi connectivity index (χ2v) is 4.09. The standard InChI is InChI=1S/C11H13ClF3N3O/c1-2-16-9(19)3-4-17-10-8(12)5-7(6-18-10)11(13,14)15/h5-6H,2-4H2,1H3,(H,16,19)(H,17,18). The maximum absolute atomic E-state index is 12.4. The summed E-state index contributed by atoms with van der Waals surface area (Å²) in [6.07, 6.45) is -3.59. The Morgan fingerprint density at radius 3 is 2.68 bits per heavy atom. The van der Waals surface area contributed by atoms with E-state index in [9.17, 15) is 18.0 Å². The topological polar surface area (TPSA) is 54.0 Å². The van der Waals surface area contributed by atoms with E-state index in [4.69, 9.17) is 11.6 Å². The zero-order valence-corrected chi connectivity index (χ0v) is 10.9. The number of alkyl halides is 3. The Morgan fingerprint density at radius 2 is 2.16 bits per heavy atom. The summed E-state index contributed by atoms with van der Waals surface area (Å²) < 4.78 is 37.1. The summed E-state index contributed by atoms with van der Waals surface area (Å²) in [5, 5.41) is 5.17. The predicted octanol–water partition coefficient (Wildman–Crippen LogP) is 2.69. The van der Waals surface area contributed by atoms with Crippen LogP contribution in [0, 0.1) is 0 Å². The van der Waals surface area contributed by atoms with Gasteiger partial charge in [0.25, 0.3) is 0 Å². The minimum Gasteiger partial charge on any atom is -0.368 e. The highest BCUT2D eigenvalue weighted by molar-refractivity contribution is 6.32. The molecule has 0 radical (unpaired) electrons. The summed E-state index contributed by atoms with van der Waals surface area (Å²) in [6, 6.07) is 0.795. The van der Waals surface area contributed by atoms with Crippen LogP contribution in [0.25, 0.3) is 0 Å². The summed E-state index contributed by atoms with van der Waals surface area (Å²) in [5.41, 5.74) is -0.910. The van der Waals surface area contributed by atoms with Crippen LogP contribution in [0.15, 0.2) is 12.3 Å². The molecule has 0 atom stereocenters. The minimum atomic E-state index is -4.48. The first-order valence-electron chi connectivity index (χ1n) is 5.58. The van der Waals surface area contributed by atoms with Crippen molar-refractivity contribution in [1.29, 1.82) is 0 Å². The van der Waals surface area contributed by atoms with Gasteiger partial charge in [0.2, 0.25) is 5.91 Å². The fourth-order valence-electron chi connectivity index (χ4n) is 1.30. The molecular formula is C11H13ClF3N3O. The van der Waals surface area contributed by atoms with Crippen molar-refractivity contribution in [3.8, 4) is 0 Å². The summed E-state index contributed by atoms with van der Waals surface area (Å²) in [5.74, 6) is -0.0306. The van der Waals surface area contributed by atoms with Gasteiger partial charge in [-0.05, 0) is 13.0 Å². The van der Waals surface area contributed by atoms with Crippen LogP contribution in [-0.4, -0.2) is 24.0 Å². The van der Waals surface area contributed by atoms with Crippen molar-refractivity contribution in [2.45, 2.75) is 19.5 Å². The van der Waals surface area contributed by atoms with Crippen LogP contribution in [0.1, 0.15) is 18.9 Å². The zero-order chi connectivity index (χ0) is 14.5. The van der Waals surface area contributed by atoms with Crippen LogP contribution in [0.3, 0.4) is 0 Å². The molecule has 0 fully saturated rings. The molecule has 1 aromatic heterocycles. The molecule has 1 amide bonds. The van der Waals surface area contributed by atoms with Crippen LogP contribution in [0.5, 0.6) is 0 Å². The Hall–Kier alpha value is -1.50. The lowest BCUT2D eigenvalue weighted by atomic mass is 10.2. The molecule has 0 bridgehead atoms. The molecule has 0 aliphatic carbocycles. The highest BCUT2D eigenvalue weighted by atomic mass is 35.5. The highest BCUT2D eigenvalue weighted by Gasteiger charge is 2.31. The molecule has 0 aliphatic heterocycles. The van der Waals surface area contributed by atoms with Gasteiger partial charge in [-0.1, -0.05) is 11.6 Å². The van der Waals surface area contributed by atoms with Crippen molar-refractivity contribution in [2.24, 2.45) is 0 Å². The van der Waals surface area contributed by atoms with Gasteiger partial charge in [0.15, 0.2) is 0 Å². The van der Waals surface area contributed by atoms with E-state index in [2.05, 4.69) is 15.6 Å². The van der Waals surface area contributed by atoms with E-state index < -0.39 is 11.7 Å². The molecule has 1 rings (SSSR count). The summed E-state index contributed by atoms with van der Waals surface area (Å²) in [6.45, 7) is 2.56. The number of nitrogens with zero attached hydrogens (tertiary/aromatic N) is 1. The highest BCUT2D eigenvalue weighted by Crippen LogP contribution is 2.32. The van der Waals surface area contributed by atoms with Crippen LogP contribution >= 0.6 is 11.6 Å². The predicted molar refractivity (Wildman–Crippen MR) is 66.0 cm³/mol. The number of rotatable bonds is 5. The Morgan fingerprint density at radius 1 is 1.47 bits per heavy atom. The van der Waals surface area contributed by atoms with Gasteiger partial charge < -0.3 is 10.6 Å². The Labute approximate surface area is 113 Å². The molecule has 0 saturated carbocycles. The lowest BCUT2D eigenvalue weighted by Crippen LogP contribution is -2.24. The number of nitrogens with one attached hydrogen (secondary N) is 2. The van der Waals surface area contributed by atoms with Crippen LogP contribution in [-0.2, 0) is 11.0 Å². The number of anilines is 1. The number of aromatic nitrogens is 1. The summed E-state index contributed by atoms with van der Waals surface area (Å²) in [4.78, 5) is 14.7. The lowest BCUT2D eigenvalue weighted by molar-refractivity contribution is -0.137. The molecule has 0 spiro atoms. The minimum absolute atomic E-state index is 0.124. The van der Waals surface area contributed by atoms with Crippen molar-refractivity contribution in [2.75, 3.05) is 18.4 Å². The van der Waals surface area contributed by atoms with Gasteiger partial charge in [0.1, 0.15) is 5.82 Å². The van der Waals surface area contributed by atoms with Crippen molar-refractivity contribution in [3.63, 3.8) is 0 Å². The molecule has 4 nitrogen and oxygen atoms in total. The van der Waals surface area contributed by atoms with Gasteiger partial charge in [0.05, 0.1) is 10.6 Å². The smallest absolute Gasteiger partial charge is 0.368 e. The maximum Gasteiger partial charge on any atom is 0.417 e. The van der Waals surface area contributed by atoms with Gasteiger partial charge in [0, 0.05) is 25.7 Å². The number of hydrogen-bond donors (Lipinski definition) is 2. The number of pyridine rings is 1. The first kappa shape index (κ1) is 15.6. The van der Waals surface area contributed by atoms with Crippen LogP contribution in [0.4, 0.5) is 19.0 Å². The van der Waals surface area contributed by atoms with Crippen molar-refractivity contribution >= 4 is 23.3 Å². The molecule has 0 aromatic carbocycles. The van der Waals surface area contributed by atoms with Gasteiger partial charge in [-0.3, -0.25) is 4.79 Å². The van der Waals surface area contributed by atoms with Crippen molar-refractivity contribution < 1.29 is 18.0 Å². The van der Waals surface area contributed by atoms with E-state index in [-0.39, 0.29) is 29.7 Å². The molecule has 0 aliphatic rings. The fraction of sp³-hybridized carbons (Fsp3) is 0.455. The Bertz CT molecular complexity index is 451. The second kappa shape index (κ2) is 6.60. The molecule has 2 N–H and O–H groups in total. The van der Waals surface area contributed by atoms with Gasteiger partial charge in [-0.15, -0.1) is 0 Å². The summed E-state index contributed by atoms with van der Waals surface area (Å²) >= 11 is 5.69. The van der Waals surface area contributed by atoms with Gasteiger partial charge >= 0.3 is 6.18 Å². The molecule has 8 heteroatoms. The first-order valence-corrected chi connectivity index (χ1v) is 5.95. The fourth-order valence-corrected chi connectivity index (χ4v) is 1.54. The Balaban J connectivity index is 2.58. The van der Waals surface area contributed by atoms with E-state index in [1.807, 2.05) is 0 Å². The molecule has 0 unspecified atom stereocenters. The van der Waals surface area contributed by atoms with E-state index in [0.717, 1.165) is 6.07 Å². The molecule has 1 aromatic rings. The number of amides is 1. The monoisotopic (exact) mass is 295 g/mol. The molecule has 19 heavy (non-hydrogen) atoms. The van der Waals surface area contributed by atoms with Gasteiger partial charge in [-0.2, -0.15) is 13.2 Å². The third kappa shape index (κ3) is 4.94. The molecule has 1 heterocycles.